The highest BCUT2D eigenvalue weighted by molar-refractivity contribution is 8.00. The quantitative estimate of drug-likeness (QED) is 0.840. The van der Waals surface area contributed by atoms with Gasteiger partial charge in [-0.25, -0.2) is 0 Å². The summed E-state index contributed by atoms with van der Waals surface area (Å²) in [7, 11) is 0. The van der Waals surface area contributed by atoms with Gasteiger partial charge in [0.05, 0.1) is 0 Å². The molecule has 2 aliphatic rings. The zero-order valence-electron chi connectivity index (χ0n) is 11.1. The minimum absolute atomic E-state index is 0.00336. The van der Waals surface area contributed by atoms with Crippen LogP contribution in [0.2, 0.25) is 0 Å². The van der Waals surface area contributed by atoms with Crippen LogP contribution in [-0.4, -0.2) is 46.8 Å². The molecule has 0 radical (unpaired) electrons. The van der Waals surface area contributed by atoms with Crippen molar-refractivity contribution >= 4 is 23.6 Å². The summed E-state index contributed by atoms with van der Waals surface area (Å²) >= 11 is 1.96. The Kier molecular flexibility index (Phi) is 4.54. The first kappa shape index (κ1) is 13.7. The second-order valence-electron chi connectivity index (χ2n) is 5.46. The number of rotatable bonds is 3. The highest BCUT2D eigenvalue weighted by atomic mass is 32.2. The lowest BCUT2D eigenvalue weighted by Crippen LogP contribution is -2.48. The van der Waals surface area contributed by atoms with Gasteiger partial charge in [0.2, 0.25) is 11.8 Å². The predicted molar refractivity (Wildman–Crippen MR) is 73.4 cm³/mol. The zero-order chi connectivity index (χ0) is 13.1. The molecule has 2 atom stereocenters. The van der Waals surface area contributed by atoms with Crippen molar-refractivity contribution in [2.24, 2.45) is 5.92 Å². The van der Waals surface area contributed by atoms with Crippen molar-refractivity contribution in [1.29, 1.82) is 0 Å². The van der Waals surface area contributed by atoms with Crippen LogP contribution < -0.4 is 5.32 Å². The third-order valence-corrected chi connectivity index (χ3v) is 5.00. The highest BCUT2D eigenvalue weighted by Gasteiger charge is 2.33. The molecule has 0 aromatic rings. The van der Waals surface area contributed by atoms with E-state index in [1.165, 1.54) is 18.6 Å². The Labute approximate surface area is 113 Å². The SMILES string of the molecule is CC(C)C1NC(=O)CCN(CC2CCCS2)C1=O. The second-order valence-corrected chi connectivity index (χ2v) is 6.87. The van der Waals surface area contributed by atoms with Gasteiger partial charge in [-0.2, -0.15) is 11.8 Å². The molecule has 0 aromatic heterocycles. The van der Waals surface area contributed by atoms with Gasteiger partial charge in [-0.05, 0) is 24.5 Å². The Bertz CT molecular complexity index is 327. The van der Waals surface area contributed by atoms with Crippen molar-refractivity contribution in [3.63, 3.8) is 0 Å². The number of nitrogens with zero attached hydrogens (tertiary/aromatic N) is 1. The Morgan fingerprint density at radius 3 is 2.83 bits per heavy atom. The standard InChI is InChI=1S/C13H22N2O2S/c1-9(2)12-13(17)15(6-5-11(16)14-12)8-10-4-3-7-18-10/h9-10,12H,3-8H2,1-2H3,(H,14,16). The molecule has 0 saturated carbocycles. The number of carbonyl (C=O) groups excluding carboxylic acids is 2. The topological polar surface area (TPSA) is 49.4 Å². The van der Waals surface area contributed by atoms with Crippen LogP contribution in [0.4, 0.5) is 0 Å². The molecule has 2 heterocycles. The fraction of sp³-hybridized carbons (Fsp3) is 0.846. The fourth-order valence-electron chi connectivity index (χ4n) is 2.52. The largest absolute Gasteiger partial charge is 0.344 e. The first-order valence-corrected chi connectivity index (χ1v) is 7.82. The summed E-state index contributed by atoms with van der Waals surface area (Å²) in [4.78, 5) is 25.9. The molecule has 0 aliphatic carbocycles. The van der Waals surface area contributed by atoms with Gasteiger partial charge in [0.15, 0.2) is 0 Å². The number of hydrogen-bond acceptors (Lipinski definition) is 3. The molecule has 2 saturated heterocycles. The van der Waals surface area contributed by atoms with Crippen LogP contribution in [0.3, 0.4) is 0 Å². The molecular weight excluding hydrogens is 248 g/mol. The minimum Gasteiger partial charge on any atom is -0.344 e. The fourth-order valence-corrected chi connectivity index (χ4v) is 3.80. The molecular formula is C13H22N2O2S. The number of thioether (sulfide) groups is 1. The van der Waals surface area contributed by atoms with Crippen LogP contribution >= 0.6 is 11.8 Å². The first-order valence-electron chi connectivity index (χ1n) is 6.77. The van der Waals surface area contributed by atoms with E-state index in [0.717, 1.165) is 6.54 Å². The van der Waals surface area contributed by atoms with Gasteiger partial charge >= 0.3 is 0 Å². The van der Waals surface area contributed by atoms with Crippen molar-refractivity contribution in [2.75, 3.05) is 18.8 Å². The lowest BCUT2D eigenvalue weighted by atomic mass is 10.0. The Morgan fingerprint density at radius 2 is 2.22 bits per heavy atom. The molecule has 0 bridgehead atoms. The first-order chi connectivity index (χ1) is 8.58. The summed E-state index contributed by atoms with van der Waals surface area (Å²) in [5.74, 6) is 1.46. The monoisotopic (exact) mass is 270 g/mol. The maximum Gasteiger partial charge on any atom is 0.245 e. The molecule has 102 valence electrons. The molecule has 4 nitrogen and oxygen atoms in total. The van der Waals surface area contributed by atoms with Crippen LogP contribution in [0, 0.1) is 5.92 Å². The van der Waals surface area contributed by atoms with E-state index in [-0.39, 0.29) is 23.8 Å². The van der Waals surface area contributed by atoms with Crippen LogP contribution in [0.15, 0.2) is 0 Å². The number of nitrogens with one attached hydrogen (secondary N) is 1. The maximum atomic E-state index is 12.4. The Balaban J connectivity index is 2.03. The Morgan fingerprint density at radius 1 is 1.44 bits per heavy atom. The normalized spacial score (nSPS) is 29.6. The summed E-state index contributed by atoms with van der Waals surface area (Å²) < 4.78 is 0. The molecule has 2 fully saturated rings. The second kappa shape index (κ2) is 5.95. The van der Waals surface area contributed by atoms with E-state index in [4.69, 9.17) is 0 Å². The summed E-state index contributed by atoms with van der Waals surface area (Å²) in [5.41, 5.74) is 0. The average Bonchev–Trinajstić information content (AvgIpc) is 2.78. The Hall–Kier alpha value is -0.710. The van der Waals surface area contributed by atoms with Crippen LogP contribution in [0.25, 0.3) is 0 Å². The summed E-state index contributed by atoms with van der Waals surface area (Å²) in [6.45, 7) is 5.35. The van der Waals surface area contributed by atoms with E-state index >= 15 is 0 Å². The molecule has 18 heavy (non-hydrogen) atoms. The van der Waals surface area contributed by atoms with Crippen molar-refractivity contribution in [1.82, 2.24) is 10.2 Å². The third kappa shape index (κ3) is 3.19. The van der Waals surface area contributed by atoms with E-state index in [0.29, 0.717) is 18.2 Å². The molecule has 2 rings (SSSR count). The number of hydrogen-bond donors (Lipinski definition) is 1. The lowest BCUT2D eigenvalue weighted by molar-refractivity contribution is -0.134. The van der Waals surface area contributed by atoms with E-state index in [9.17, 15) is 9.59 Å². The van der Waals surface area contributed by atoms with E-state index in [1.54, 1.807) is 0 Å². The molecule has 1 N–H and O–H groups in total. The maximum absolute atomic E-state index is 12.4. The van der Waals surface area contributed by atoms with Crippen LogP contribution in [0.1, 0.15) is 33.1 Å². The van der Waals surface area contributed by atoms with Gasteiger partial charge < -0.3 is 10.2 Å². The number of amides is 2. The van der Waals surface area contributed by atoms with Crippen molar-refractivity contribution in [3.8, 4) is 0 Å². The van der Waals surface area contributed by atoms with Gasteiger partial charge in [-0.3, -0.25) is 9.59 Å². The smallest absolute Gasteiger partial charge is 0.245 e. The van der Waals surface area contributed by atoms with Gasteiger partial charge in [0.25, 0.3) is 0 Å². The highest BCUT2D eigenvalue weighted by Crippen LogP contribution is 2.27. The van der Waals surface area contributed by atoms with Crippen molar-refractivity contribution in [3.05, 3.63) is 0 Å². The molecule has 5 heteroatoms. The summed E-state index contributed by atoms with van der Waals surface area (Å²) in [5, 5.41) is 3.41. The van der Waals surface area contributed by atoms with Crippen molar-refractivity contribution in [2.45, 2.75) is 44.4 Å². The minimum atomic E-state index is -0.341. The number of carbonyl (C=O) groups is 2. The van der Waals surface area contributed by atoms with Gasteiger partial charge in [-0.1, -0.05) is 13.8 Å². The third-order valence-electron chi connectivity index (χ3n) is 3.62. The van der Waals surface area contributed by atoms with E-state index < -0.39 is 0 Å². The van der Waals surface area contributed by atoms with Crippen molar-refractivity contribution < 1.29 is 9.59 Å². The van der Waals surface area contributed by atoms with Crippen LogP contribution in [-0.2, 0) is 9.59 Å². The average molecular weight is 270 g/mol. The molecule has 2 amide bonds. The summed E-state index contributed by atoms with van der Waals surface area (Å²) in [6, 6.07) is -0.341. The van der Waals surface area contributed by atoms with Gasteiger partial charge in [0, 0.05) is 24.8 Å². The van der Waals surface area contributed by atoms with E-state index in [1.807, 2.05) is 30.5 Å². The van der Waals surface area contributed by atoms with E-state index in [2.05, 4.69) is 5.32 Å². The van der Waals surface area contributed by atoms with Gasteiger partial charge in [-0.15, -0.1) is 0 Å². The predicted octanol–water partition coefficient (Wildman–Crippen LogP) is 1.26. The molecule has 2 aliphatic heterocycles. The zero-order valence-corrected chi connectivity index (χ0v) is 12.0. The van der Waals surface area contributed by atoms with Gasteiger partial charge in [0.1, 0.15) is 6.04 Å². The molecule has 0 aromatic carbocycles. The molecule has 2 unspecified atom stereocenters. The lowest BCUT2D eigenvalue weighted by Gasteiger charge is -2.27. The van der Waals surface area contributed by atoms with Crippen LogP contribution in [0.5, 0.6) is 0 Å². The summed E-state index contributed by atoms with van der Waals surface area (Å²) in [6.07, 6.45) is 2.89. The molecule has 0 spiro atoms.